The molecule has 16 heteroatoms. The Morgan fingerprint density at radius 3 is 1.83 bits per heavy atom. The number of ether oxygens (including phenoxy) is 2. The SMILES string of the molecule is CCCCCCCCCCCCCCCC(=O)OCC(COP(=O)(O)OCC(N)C(=O)O)OC(=O)CCC(O)/C=C/C(O)/C=C/C=C/C=C\C(O)C/C=C/C/C=C\C(C)O. The van der Waals surface area contributed by atoms with E-state index in [1.807, 2.05) is 18.2 Å². The lowest BCUT2D eigenvalue weighted by atomic mass is 10.0. The number of phosphoric acid groups is 1. The Balaban J connectivity index is 4.80. The summed E-state index contributed by atoms with van der Waals surface area (Å²) in [6.45, 7) is 1.82. The topological polar surface area (TPSA) is 253 Å². The molecule has 0 radical (unpaired) electrons. The van der Waals surface area contributed by atoms with Gasteiger partial charge in [0.2, 0.25) is 0 Å². The molecule has 0 aromatic rings. The van der Waals surface area contributed by atoms with Crippen molar-refractivity contribution in [1.82, 2.24) is 0 Å². The maximum Gasteiger partial charge on any atom is 0.472 e. The molecule has 7 unspecified atom stereocenters. The molecule has 0 bridgehead atoms. The number of hydrogen-bond acceptors (Lipinski definition) is 13. The van der Waals surface area contributed by atoms with E-state index in [4.69, 9.17) is 24.8 Å². The fourth-order valence-electron chi connectivity index (χ4n) is 5.30. The summed E-state index contributed by atoms with van der Waals surface area (Å²) >= 11 is 0. The first-order valence-corrected chi connectivity index (χ1v) is 22.8. The number of unbranched alkanes of at least 4 members (excludes halogenated alkanes) is 12. The molecule has 0 aliphatic heterocycles. The third-order valence-corrected chi connectivity index (χ3v) is 9.70. The normalized spacial score (nSPS) is 16.5. The number of aliphatic hydroxyl groups is 4. The van der Waals surface area contributed by atoms with Crippen molar-refractivity contribution in [2.75, 3.05) is 19.8 Å². The number of carbonyl (C=O) groups is 3. The third-order valence-electron chi connectivity index (χ3n) is 8.75. The first-order chi connectivity index (χ1) is 28.6. The maximum absolute atomic E-state index is 12.6. The van der Waals surface area contributed by atoms with Gasteiger partial charge in [-0.15, -0.1) is 0 Å². The average molecular weight is 872 g/mol. The minimum absolute atomic E-state index is 0.104. The zero-order valence-corrected chi connectivity index (χ0v) is 36.6. The fraction of sp³-hybridized carbons (Fsp3) is 0.659. The number of allylic oxidation sites excluding steroid dienone is 6. The molecule has 0 amide bonds. The van der Waals surface area contributed by atoms with Crippen molar-refractivity contribution in [2.24, 2.45) is 5.73 Å². The molecule has 0 aromatic carbocycles. The van der Waals surface area contributed by atoms with Crippen LogP contribution in [0.15, 0.2) is 72.9 Å². The molecular formula is C44H74NO14P. The highest BCUT2D eigenvalue weighted by atomic mass is 31.2. The highest BCUT2D eigenvalue weighted by Gasteiger charge is 2.28. The van der Waals surface area contributed by atoms with E-state index in [1.54, 1.807) is 43.4 Å². The summed E-state index contributed by atoms with van der Waals surface area (Å²) in [5, 5.41) is 48.5. The number of aliphatic hydroxyl groups excluding tert-OH is 4. The lowest BCUT2D eigenvalue weighted by molar-refractivity contribution is -0.161. The number of carboxylic acids is 1. The molecule has 0 aliphatic carbocycles. The third kappa shape index (κ3) is 37.7. The number of carbonyl (C=O) groups excluding carboxylic acids is 2. The highest BCUT2D eigenvalue weighted by Crippen LogP contribution is 2.43. The van der Waals surface area contributed by atoms with Gasteiger partial charge in [-0.3, -0.25) is 23.4 Å². The Bertz CT molecular complexity index is 1360. The van der Waals surface area contributed by atoms with Crippen LogP contribution in [0, 0.1) is 0 Å². The first kappa shape index (κ1) is 56.8. The summed E-state index contributed by atoms with van der Waals surface area (Å²) < 4.78 is 32.3. The standard InChI is InChI=1S/C44H74NO14P/c1-3-4-5-6-7-8-9-10-11-12-13-14-23-28-42(50)56-33-40(34-57-60(54,55)58-35-41(45)44(52)53)59-43(51)32-31-39(49)30-29-38(48)27-22-18-17-21-26-37(47)25-20-16-15-19-24-36(2)46/h16-22,24,26-27,29-30,36-41,46-49H,3-15,23,25,28,31-35,45H2,1-2H3,(H,52,53)(H,54,55)/b18-17+,20-16+,24-19-,26-21-,27-22+,30-29+. The quantitative estimate of drug-likeness (QED) is 0.0110. The highest BCUT2D eigenvalue weighted by molar-refractivity contribution is 7.47. The molecule has 344 valence electrons. The minimum atomic E-state index is -4.83. The number of phosphoric ester groups is 1. The van der Waals surface area contributed by atoms with Crippen molar-refractivity contribution in [3.8, 4) is 0 Å². The Kier molecular flexibility index (Phi) is 35.5. The van der Waals surface area contributed by atoms with Crippen molar-refractivity contribution < 1.29 is 67.9 Å². The Morgan fingerprint density at radius 1 is 0.650 bits per heavy atom. The van der Waals surface area contributed by atoms with Gasteiger partial charge in [-0.2, -0.15) is 0 Å². The van der Waals surface area contributed by atoms with Gasteiger partial charge in [-0.05, 0) is 32.6 Å². The first-order valence-electron chi connectivity index (χ1n) is 21.3. The monoisotopic (exact) mass is 871 g/mol. The van der Waals surface area contributed by atoms with Gasteiger partial charge in [0, 0.05) is 12.8 Å². The van der Waals surface area contributed by atoms with Gasteiger partial charge in [0.1, 0.15) is 12.6 Å². The molecule has 7 atom stereocenters. The molecule has 8 N–H and O–H groups in total. The lowest BCUT2D eigenvalue weighted by Crippen LogP contribution is -2.34. The van der Waals surface area contributed by atoms with Gasteiger partial charge < -0.3 is 45.6 Å². The second kappa shape index (κ2) is 37.5. The molecule has 0 saturated heterocycles. The predicted octanol–water partition coefficient (Wildman–Crippen LogP) is 6.83. The van der Waals surface area contributed by atoms with Crippen LogP contribution < -0.4 is 5.73 Å². The number of nitrogens with two attached hydrogens (primary N) is 1. The molecule has 0 heterocycles. The number of rotatable bonds is 38. The fourth-order valence-corrected chi connectivity index (χ4v) is 6.08. The van der Waals surface area contributed by atoms with Gasteiger partial charge in [0.15, 0.2) is 6.10 Å². The molecule has 0 spiro atoms. The molecule has 15 nitrogen and oxygen atoms in total. The second-order valence-electron chi connectivity index (χ2n) is 14.6. The van der Waals surface area contributed by atoms with E-state index in [-0.39, 0.29) is 19.3 Å². The summed E-state index contributed by atoms with van der Waals surface area (Å²) in [5.41, 5.74) is 5.30. The molecule has 60 heavy (non-hydrogen) atoms. The van der Waals surface area contributed by atoms with Gasteiger partial charge >= 0.3 is 25.7 Å². The summed E-state index contributed by atoms with van der Waals surface area (Å²) in [6, 6.07) is -1.59. The summed E-state index contributed by atoms with van der Waals surface area (Å²) in [6.07, 6.45) is 30.6. The Hall–Kier alpha value is -3.24. The molecule has 0 fully saturated rings. The molecule has 0 aliphatic rings. The number of hydrogen-bond donors (Lipinski definition) is 7. The second-order valence-corrected chi connectivity index (χ2v) is 16.1. The predicted molar refractivity (Wildman–Crippen MR) is 232 cm³/mol. The minimum Gasteiger partial charge on any atom is -0.480 e. The summed E-state index contributed by atoms with van der Waals surface area (Å²) in [4.78, 5) is 46.0. The van der Waals surface area contributed by atoms with Crippen LogP contribution in [0.3, 0.4) is 0 Å². The van der Waals surface area contributed by atoms with Gasteiger partial charge in [-0.1, -0.05) is 157 Å². The van der Waals surface area contributed by atoms with Crippen LogP contribution in [0.2, 0.25) is 0 Å². The van der Waals surface area contributed by atoms with Gasteiger partial charge in [-0.25, -0.2) is 4.57 Å². The zero-order valence-electron chi connectivity index (χ0n) is 35.7. The van der Waals surface area contributed by atoms with Crippen LogP contribution in [0.5, 0.6) is 0 Å². The van der Waals surface area contributed by atoms with Crippen LogP contribution in [0.25, 0.3) is 0 Å². The zero-order chi connectivity index (χ0) is 44.9. The van der Waals surface area contributed by atoms with E-state index in [2.05, 4.69) is 11.4 Å². The molecule has 0 saturated carbocycles. The number of carboxylic acid groups (broad SMARTS) is 1. The Labute approximate surface area is 357 Å². The maximum atomic E-state index is 12.6. The van der Waals surface area contributed by atoms with Crippen molar-refractivity contribution >= 4 is 25.7 Å². The smallest absolute Gasteiger partial charge is 0.472 e. The molecular weight excluding hydrogens is 797 g/mol. The van der Waals surface area contributed by atoms with E-state index in [0.29, 0.717) is 19.3 Å². The van der Waals surface area contributed by atoms with Crippen molar-refractivity contribution in [2.45, 2.75) is 166 Å². The lowest BCUT2D eigenvalue weighted by Gasteiger charge is -2.20. The van der Waals surface area contributed by atoms with E-state index < -0.39 is 82.1 Å². The van der Waals surface area contributed by atoms with Crippen LogP contribution in [0.1, 0.15) is 129 Å². The van der Waals surface area contributed by atoms with Gasteiger partial charge in [0.25, 0.3) is 0 Å². The van der Waals surface area contributed by atoms with E-state index >= 15 is 0 Å². The Morgan fingerprint density at radius 2 is 1.23 bits per heavy atom. The van der Waals surface area contributed by atoms with Crippen LogP contribution >= 0.6 is 7.82 Å². The van der Waals surface area contributed by atoms with E-state index in [0.717, 1.165) is 25.7 Å². The van der Waals surface area contributed by atoms with Crippen LogP contribution in [-0.2, 0) is 37.5 Å². The number of esters is 2. The van der Waals surface area contributed by atoms with Gasteiger partial charge in [0.05, 0.1) is 37.6 Å². The molecule has 0 aromatic heterocycles. The van der Waals surface area contributed by atoms with Crippen molar-refractivity contribution in [3.05, 3.63) is 72.9 Å². The van der Waals surface area contributed by atoms with E-state index in [9.17, 15) is 44.3 Å². The average Bonchev–Trinajstić information content (AvgIpc) is 3.20. The largest absolute Gasteiger partial charge is 0.480 e. The molecule has 0 rings (SSSR count). The van der Waals surface area contributed by atoms with Crippen LogP contribution in [-0.4, -0.2) is 105 Å². The number of aliphatic carboxylic acids is 1. The van der Waals surface area contributed by atoms with Crippen molar-refractivity contribution in [1.29, 1.82) is 0 Å². The summed E-state index contributed by atoms with van der Waals surface area (Å²) in [7, 11) is -4.83. The van der Waals surface area contributed by atoms with E-state index in [1.165, 1.54) is 69.6 Å². The summed E-state index contributed by atoms with van der Waals surface area (Å²) in [5.74, 6) is -2.85. The van der Waals surface area contributed by atoms with Crippen molar-refractivity contribution in [3.63, 3.8) is 0 Å². The van der Waals surface area contributed by atoms with Crippen LogP contribution in [0.4, 0.5) is 0 Å².